The van der Waals surface area contributed by atoms with Gasteiger partial charge in [0.25, 0.3) is 11.6 Å². The number of fused-ring (bicyclic) bond motifs is 2. The molecule has 0 spiro atoms. The molecule has 0 bridgehead atoms. The highest BCUT2D eigenvalue weighted by molar-refractivity contribution is 5.99. The molecule has 32 heavy (non-hydrogen) atoms. The number of rotatable bonds is 6. The molecule has 1 aliphatic rings. The van der Waals surface area contributed by atoms with Crippen molar-refractivity contribution < 1.29 is 14.1 Å². The van der Waals surface area contributed by atoms with Gasteiger partial charge in [0, 0.05) is 18.7 Å². The molecule has 0 N–H and O–H groups in total. The molecule has 0 aliphatic carbocycles. The molecule has 0 saturated carbocycles. The van der Waals surface area contributed by atoms with E-state index in [2.05, 4.69) is 0 Å². The van der Waals surface area contributed by atoms with Crippen molar-refractivity contribution in [2.45, 2.75) is 26.3 Å². The van der Waals surface area contributed by atoms with Crippen LogP contribution >= 0.6 is 0 Å². The van der Waals surface area contributed by atoms with Crippen LogP contribution in [0.1, 0.15) is 45.3 Å². The summed E-state index contributed by atoms with van der Waals surface area (Å²) in [5.74, 6) is -0.279. The molecular formula is C24H25N3O5. The van der Waals surface area contributed by atoms with E-state index < -0.39 is 11.0 Å². The predicted octanol–water partition coefficient (Wildman–Crippen LogP) is 3.81. The Hall–Kier alpha value is -3.52. The third-order valence-corrected chi connectivity index (χ3v) is 6.01. The number of nitrogens with zero attached hydrogens (tertiary/aromatic N) is 3. The monoisotopic (exact) mass is 435 g/mol. The summed E-state index contributed by atoms with van der Waals surface area (Å²) in [6.45, 7) is 5.05. The average molecular weight is 435 g/mol. The van der Waals surface area contributed by atoms with E-state index in [-0.39, 0.29) is 22.8 Å². The van der Waals surface area contributed by atoms with Gasteiger partial charge in [-0.05, 0) is 81.9 Å². The molecule has 1 aliphatic heterocycles. The number of hydrogen-bond acceptors (Lipinski definition) is 6. The van der Waals surface area contributed by atoms with Gasteiger partial charge in [0.2, 0.25) is 5.76 Å². The molecule has 4 rings (SSSR count). The van der Waals surface area contributed by atoms with Crippen LogP contribution in [0.25, 0.3) is 11.0 Å². The summed E-state index contributed by atoms with van der Waals surface area (Å²) < 4.78 is 5.99. The van der Waals surface area contributed by atoms with E-state index in [4.69, 9.17) is 4.42 Å². The Balaban J connectivity index is 1.89. The molecule has 0 fully saturated rings. The molecule has 3 aromatic rings. The van der Waals surface area contributed by atoms with Gasteiger partial charge < -0.3 is 14.2 Å². The molecule has 1 aromatic heterocycles. The lowest BCUT2D eigenvalue weighted by molar-refractivity contribution is -0.384. The summed E-state index contributed by atoms with van der Waals surface area (Å²) in [6, 6.07) is 8.93. The van der Waals surface area contributed by atoms with Gasteiger partial charge in [0.15, 0.2) is 5.43 Å². The topological polar surface area (TPSA) is 96.9 Å². The molecule has 0 saturated heterocycles. The molecule has 1 amide bonds. The summed E-state index contributed by atoms with van der Waals surface area (Å²) in [4.78, 5) is 41.2. The number of carbonyl (C=O) groups is 1. The molecule has 2 aromatic carbocycles. The van der Waals surface area contributed by atoms with Crippen molar-refractivity contribution in [2.24, 2.45) is 0 Å². The van der Waals surface area contributed by atoms with Crippen molar-refractivity contribution >= 4 is 22.6 Å². The number of benzene rings is 2. The van der Waals surface area contributed by atoms with Crippen LogP contribution in [-0.2, 0) is 0 Å². The van der Waals surface area contributed by atoms with Gasteiger partial charge in [0.1, 0.15) is 5.58 Å². The highest BCUT2D eigenvalue weighted by Crippen LogP contribution is 2.38. The highest BCUT2D eigenvalue weighted by Gasteiger charge is 2.42. The Morgan fingerprint density at radius 1 is 1.09 bits per heavy atom. The standard InChI is InChI=1S/C24H25N3O5/c1-14-12-18-19(13-15(14)2)32-23-20(22(18)28)21(16-6-8-17(9-7-16)27(30)31)26(24(23)29)11-5-10-25(3)4/h6-9,12-13,21H,5,10-11H2,1-4H3. The number of amides is 1. The van der Waals surface area contributed by atoms with Crippen molar-refractivity contribution in [3.8, 4) is 0 Å². The fourth-order valence-electron chi connectivity index (χ4n) is 4.19. The lowest BCUT2D eigenvalue weighted by Gasteiger charge is -2.25. The van der Waals surface area contributed by atoms with E-state index in [0.717, 1.165) is 17.7 Å². The predicted molar refractivity (Wildman–Crippen MR) is 121 cm³/mol. The van der Waals surface area contributed by atoms with E-state index in [0.29, 0.717) is 35.1 Å². The Morgan fingerprint density at radius 3 is 2.38 bits per heavy atom. The van der Waals surface area contributed by atoms with Crippen LogP contribution < -0.4 is 5.43 Å². The van der Waals surface area contributed by atoms with Gasteiger partial charge in [-0.2, -0.15) is 0 Å². The summed E-state index contributed by atoms with van der Waals surface area (Å²) >= 11 is 0. The smallest absolute Gasteiger partial charge is 0.290 e. The number of aryl methyl sites for hydroxylation is 2. The van der Waals surface area contributed by atoms with E-state index in [9.17, 15) is 19.7 Å². The quantitative estimate of drug-likeness (QED) is 0.431. The molecule has 166 valence electrons. The molecule has 8 nitrogen and oxygen atoms in total. The maximum absolute atomic E-state index is 13.6. The van der Waals surface area contributed by atoms with Crippen LogP contribution in [-0.4, -0.2) is 47.8 Å². The maximum atomic E-state index is 13.6. The van der Waals surface area contributed by atoms with Crippen LogP contribution in [0.2, 0.25) is 0 Å². The summed E-state index contributed by atoms with van der Waals surface area (Å²) in [6.07, 6.45) is 0.710. The zero-order valence-electron chi connectivity index (χ0n) is 18.5. The second-order valence-electron chi connectivity index (χ2n) is 8.51. The third kappa shape index (κ3) is 3.67. The summed E-state index contributed by atoms with van der Waals surface area (Å²) in [7, 11) is 3.91. The van der Waals surface area contributed by atoms with Crippen molar-refractivity contribution in [1.29, 1.82) is 0 Å². The van der Waals surface area contributed by atoms with Crippen LogP contribution in [0.15, 0.2) is 45.6 Å². The average Bonchev–Trinajstić information content (AvgIpc) is 3.02. The highest BCUT2D eigenvalue weighted by atomic mass is 16.6. The number of nitro groups is 1. The van der Waals surface area contributed by atoms with Crippen LogP contribution in [0.3, 0.4) is 0 Å². The van der Waals surface area contributed by atoms with Gasteiger partial charge in [-0.15, -0.1) is 0 Å². The zero-order valence-corrected chi connectivity index (χ0v) is 18.5. The van der Waals surface area contributed by atoms with Crippen molar-refractivity contribution in [1.82, 2.24) is 9.80 Å². The molecule has 8 heteroatoms. The second-order valence-corrected chi connectivity index (χ2v) is 8.51. The van der Waals surface area contributed by atoms with Gasteiger partial charge >= 0.3 is 0 Å². The molecule has 1 unspecified atom stereocenters. The Kier molecular flexibility index (Phi) is 5.56. The van der Waals surface area contributed by atoms with Crippen LogP contribution in [0.5, 0.6) is 0 Å². The lowest BCUT2D eigenvalue weighted by atomic mass is 9.97. The number of hydrogen-bond donors (Lipinski definition) is 0. The van der Waals surface area contributed by atoms with Gasteiger partial charge in [-0.25, -0.2) is 0 Å². The van der Waals surface area contributed by atoms with E-state index in [1.54, 1.807) is 29.2 Å². The zero-order chi connectivity index (χ0) is 23.2. The Labute approximate surface area is 185 Å². The Bertz CT molecular complexity index is 1280. The summed E-state index contributed by atoms with van der Waals surface area (Å²) in [5.41, 5.74) is 2.98. The number of non-ortho nitro benzene ring substituents is 1. The molecule has 2 heterocycles. The fourth-order valence-corrected chi connectivity index (χ4v) is 4.19. The normalized spacial score (nSPS) is 15.6. The van der Waals surface area contributed by atoms with Crippen molar-refractivity contribution in [3.05, 3.63) is 84.7 Å². The minimum atomic E-state index is -0.650. The maximum Gasteiger partial charge on any atom is 0.290 e. The minimum Gasteiger partial charge on any atom is -0.450 e. The molecule has 0 radical (unpaired) electrons. The van der Waals surface area contributed by atoms with E-state index in [1.807, 2.05) is 32.8 Å². The first-order chi connectivity index (χ1) is 15.2. The lowest BCUT2D eigenvalue weighted by Crippen LogP contribution is -2.32. The van der Waals surface area contributed by atoms with Gasteiger partial charge in [-0.3, -0.25) is 19.7 Å². The fraction of sp³-hybridized carbons (Fsp3) is 0.333. The third-order valence-electron chi connectivity index (χ3n) is 6.01. The first-order valence-corrected chi connectivity index (χ1v) is 10.5. The van der Waals surface area contributed by atoms with Crippen molar-refractivity contribution in [3.63, 3.8) is 0 Å². The van der Waals surface area contributed by atoms with Crippen molar-refractivity contribution in [2.75, 3.05) is 27.2 Å². The minimum absolute atomic E-state index is 0.0471. The first-order valence-electron chi connectivity index (χ1n) is 10.5. The summed E-state index contributed by atoms with van der Waals surface area (Å²) in [5, 5.41) is 11.5. The van der Waals surface area contributed by atoms with Crippen LogP contribution in [0.4, 0.5) is 5.69 Å². The first kappa shape index (κ1) is 21.7. The Morgan fingerprint density at radius 2 is 1.75 bits per heavy atom. The van der Waals surface area contributed by atoms with Gasteiger partial charge in [-0.1, -0.05) is 0 Å². The largest absolute Gasteiger partial charge is 0.450 e. The van der Waals surface area contributed by atoms with Crippen LogP contribution in [0, 0.1) is 24.0 Å². The molecular weight excluding hydrogens is 410 g/mol. The van der Waals surface area contributed by atoms with E-state index >= 15 is 0 Å². The van der Waals surface area contributed by atoms with E-state index in [1.165, 1.54) is 12.1 Å². The number of nitro benzene ring substituents is 1. The molecule has 1 atom stereocenters. The second kappa shape index (κ2) is 8.20. The van der Waals surface area contributed by atoms with Gasteiger partial charge in [0.05, 0.1) is 21.9 Å². The SMILES string of the molecule is Cc1cc2oc3c(c(=O)c2cc1C)C(c1ccc([N+](=O)[O-])cc1)N(CCCN(C)C)C3=O. The number of carbonyl (C=O) groups excluding carboxylic acids is 1.